The summed E-state index contributed by atoms with van der Waals surface area (Å²) in [5.74, 6) is -8.39. The van der Waals surface area contributed by atoms with Crippen molar-refractivity contribution >= 4 is 28.1 Å². The molecule has 0 aliphatic carbocycles. The van der Waals surface area contributed by atoms with Gasteiger partial charge in [0, 0.05) is 15.6 Å². The highest BCUT2D eigenvalue weighted by atomic mass is 79.9. The molecule has 0 heterocycles. The van der Waals surface area contributed by atoms with Gasteiger partial charge in [-0.2, -0.15) is 0 Å². The molecule has 7 heteroatoms. The summed E-state index contributed by atoms with van der Waals surface area (Å²) in [5.41, 5.74) is -2.46. The van der Waals surface area contributed by atoms with Crippen LogP contribution in [0.15, 0.2) is 16.6 Å². The van der Waals surface area contributed by atoms with Crippen LogP contribution < -0.4 is 0 Å². The van der Waals surface area contributed by atoms with Crippen LogP contribution in [-0.2, 0) is 0 Å². The van der Waals surface area contributed by atoms with E-state index in [1.165, 1.54) is 0 Å². The van der Waals surface area contributed by atoms with Crippen molar-refractivity contribution in [1.29, 1.82) is 0 Å². The average molecular weight is 381 g/mol. The Morgan fingerprint density at radius 2 is 1.14 bits per heavy atom. The summed E-state index contributed by atoms with van der Waals surface area (Å²) in [6, 6.07) is 1.87. The third-order valence-electron chi connectivity index (χ3n) is 2.98. The molecule has 2 aromatic rings. The molecule has 0 amide bonds. The molecule has 0 saturated heterocycles. The molecule has 0 saturated carbocycles. The average Bonchev–Trinajstić information content (AvgIpc) is 2.45. The lowest BCUT2D eigenvalue weighted by Crippen LogP contribution is -2.03. The first-order chi connectivity index (χ1) is 10.2. The molecular formula is C15H7BrF6. The van der Waals surface area contributed by atoms with E-state index >= 15 is 0 Å². The van der Waals surface area contributed by atoms with E-state index in [0.29, 0.717) is 12.2 Å². The van der Waals surface area contributed by atoms with E-state index in [0.717, 1.165) is 19.1 Å². The van der Waals surface area contributed by atoms with Crippen molar-refractivity contribution < 1.29 is 26.3 Å². The fraction of sp³-hybridized carbons (Fsp3) is 0.0667. The zero-order valence-electron chi connectivity index (χ0n) is 11.0. The van der Waals surface area contributed by atoms with Crippen molar-refractivity contribution in [3.63, 3.8) is 0 Å². The maximum Gasteiger partial charge on any atom is 0.169 e. The Morgan fingerprint density at radius 3 is 1.59 bits per heavy atom. The van der Waals surface area contributed by atoms with Gasteiger partial charge in [-0.25, -0.2) is 26.3 Å². The summed E-state index contributed by atoms with van der Waals surface area (Å²) in [6.07, 6.45) is 1.28. The van der Waals surface area contributed by atoms with Crippen LogP contribution in [0.3, 0.4) is 0 Å². The van der Waals surface area contributed by atoms with E-state index in [1.807, 2.05) is 0 Å². The first-order valence-electron chi connectivity index (χ1n) is 5.89. The third kappa shape index (κ3) is 2.90. The second kappa shape index (κ2) is 6.16. The number of benzene rings is 2. The molecule has 0 nitrogen and oxygen atoms in total. The number of halogens is 7. The van der Waals surface area contributed by atoms with Gasteiger partial charge in [-0.05, 0) is 31.2 Å². The van der Waals surface area contributed by atoms with Crippen molar-refractivity contribution in [1.82, 2.24) is 0 Å². The molecule has 0 bridgehead atoms. The molecule has 0 aromatic heterocycles. The second-order valence-corrected chi connectivity index (χ2v) is 5.33. The van der Waals surface area contributed by atoms with E-state index < -0.39 is 51.6 Å². The summed E-state index contributed by atoms with van der Waals surface area (Å²) in [6.45, 7) is 0.873. The van der Waals surface area contributed by atoms with Crippen LogP contribution in [0.25, 0.3) is 12.2 Å². The Hall–Kier alpha value is -1.76. The normalized spacial score (nSPS) is 11.5. The van der Waals surface area contributed by atoms with Crippen LogP contribution in [-0.4, -0.2) is 0 Å². The van der Waals surface area contributed by atoms with Gasteiger partial charge in [-0.3, -0.25) is 0 Å². The predicted octanol–water partition coefficient (Wildman–Crippen LogP) is 5.76. The van der Waals surface area contributed by atoms with Crippen LogP contribution in [0.2, 0.25) is 0 Å². The molecule has 2 aromatic carbocycles. The van der Waals surface area contributed by atoms with Gasteiger partial charge in [0.2, 0.25) is 0 Å². The van der Waals surface area contributed by atoms with Gasteiger partial charge >= 0.3 is 0 Å². The van der Waals surface area contributed by atoms with Gasteiger partial charge in [0.05, 0.1) is 5.56 Å². The van der Waals surface area contributed by atoms with Crippen LogP contribution in [0.1, 0.15) is 16.7 Å². The Bertz CT molecular complexity index is 730. The summed E-state index contributed by atoms with van der Waals surface area (Å²) in [7, 11) is 0. The molecule has 116 valence electrons. The molecule has 2 rings (SSSR count). The van der Waals surface area contributed by atoms with Crippen molar-refractivity contribution in [3.05, 3.63) is 68.2 Å². The lowest BCUT2D eigenvalue weighted by Gasteiger charge is -2.06. The summed E-state index contributed by atoms with van der Waals surface area (Å²) < 4.78 is 81.4. The number of hydrogen-bond donors (Lipinski definition) is 0. The monoisotopic (exact) mass is 380 g/mol. The molecule has 22 heavy (non-hydrogen) atoms. The largest absolute Gasteiger partial charge is 0.206 e. The van der Waals surface area contributed by atoms with E-state index in [-0.39, 0.29) is 4.47 Å². The molecule has 0 aliphatic heterocycles. The van der Waals surface area contributed by atoms with E-state index in [2.05, 4.69) is 15.9 Å². The SMILES string of the molecule is Cc1c(F)c(F)c(/C=C/c2c(F)cc(Br)cc2F)c(F)c1F. The topological polar surface area (TPSA) is 0 Å². The van der Waals surface area contributed by atoms with Gasteiger partial charge in [0.1, 0.15) is 11.6 Å². The lowest BCUT2D eigenvalue weighted by atomic mass is 10.1. The maximum atomic E-state index is 13.6. The van der Waals surface area contributed by atoms with Gasteiger partial charge < -0.3 is 0 Å². The van der Waals surface area contributed by atoms with Crippen LogP contribution in [0, 0.1) is 41.8 Å². The van der Waals surface area contributed by atoms with Crippen LogP contribution >= 0.6 is 15.9 Å². The van der Waals surface area contributed by atoms with E-state index in [1.54, 1.807) is 0 Å². The Labute approximate surface area is 130 Å². The molecule has 0 fully saturated rings. The van der Waals surface area contributed by atoms with Crippen molar-refractivity contribution in [2.45, 2.75) is 6.92 Å². The lowest BCUT2D eigenvalue weighted by molar-refractivity contribution is 0.442. The fourth-order valence-electron chi connectivity index (χ4n) is 1.78. The third-order valence-corrected chi connectivity index (χ3v) is 3.44. The molecule has 0 radical (unpaired) electrons. The van der Waals surface area contributed by atoms with Gasteiger partial charge in [-0.1, -0.05) is 15.9 Å². The summed E-state index contributed by atoms with van der Waals surface area (Å²) in [4.78, 5) is 0. The standard InChI is InChI=1S/C15H7BrF6/c1-6-12(19)14(21)9(15(22)13(6)20)3-2-8-10(17)4-7(16)5-11(8)18/h2-5H,1H3/b3-2+. The Morgan fingerprint density at radius 1 is 0.727 bits per heavy atom. The zero-order valence-corrected chi connectivity index (χ0v) is 12.5. The van der Waals surface area contributed by atoms with E-state index in [4.69, 9.17) is 0 Å². The molecule has 0 spiro atoms. The molecule has 0 unspecified atom stereocenters. The molecular weight excluding hydrogens is 374 g/mol. The second-order valence-electron chi connectivity index (χ2n) is 4.41. The van der Waals surface area contributed by atoms with Gasteiger partial charge in [-0.15, -0.1) is 0 Å². The minimum atomic E-state index is -1.63. The summed E-state index contributed by atoms with van der Waals surface area (Å²) >= 11 is 2.87. The predicted molar refractivity (Wildman–Crippen MR) is 74.0 cm³/mol. The quantitative estimate of drug-likeness (QED) is 0.352. The fourth-order valence-corrected chi connectivity index (χ4v) is 2.19. The van der Waals surface area contributed by atoms with Gasteiger partial charge in [0.15, 0.2) is 23.3 Å². The Kier molecular flexibility index (Phi) is 4.65. The van der Waals surface area contributed by atoms with Crippen LogP contribution in [0.4, 0.5) is 26.3 Å². The van der Waals surface area contributed by atoms with E-state index in [9.17, 15) is 26.3 Å². The highest BCUT2D eigenvalue weighted by Gasteiger charge is 2.21. The highest BCUT2D eigenvalue weighted by molar-refractivity contribution is 9.10. The smallest absolute Gasteiger partial charge is 0.169 e. The van der Waals surface area contributed by atoms with Crippen molar-refractivity contribution in [3.8, 4) is 0 Å². The van der Waals surface area contributed by atoms with Gasteiger partial charge in [0.25, 0.3) is 0 Å². The zero-order chi connectivity index (χ0) is 16.6. The Balaban J connectivity index is 2.57. The first kappa shape index (κ1) is 16.6. The molecule has 0 N–H and O–H groups in total. The summed E-state index contributed by atoms with van der Waals surface area (Å²) in [5, 5.41) is 0. The number of rotatable bonds is 2. The van der Waals surface area contributed by atoms with Crippen LogP contribution in [0.5, 0.6) is 0 Å². The first-order valence-corrected chi connectivity index (χ1v) is 6.68. The maximum absolute atomic E-state index is 13.6. The molecule has 0 aliphatic rings. The minimum Gasteiger partial charge on any atom is -0.206 e. The molecule has 0 atom stereocenters. The number of hydrogen-bond acceptors (Lipinski definition) is 0. The van der Waals surface area contributed by atoms with Crippen molar-refractivity contribution in [2.24, 2.45) is 0 Å². The highest BCUT2D eigenvalue weighted by Crippen LogP contribution is 2.26. The minimum absolute atomic E-state index is 0.129. The van der Waals surface area contributed by atoms with Crippen molar-refractivity contribution in [2.75, 3.05) is 0 Å².